The zero-order valence-corrected chi connectivity index (χ0v) is 29.5. The number of benzene rings is 3. The van der Waals surface area contributed by atoms with Crippen LogP contribution in [0.1, 0.15) is 99.5 Å². The molecule has 4 aliphatic carbocycles. The second-order valence-corrected chi connectivity index (χ2v) is 15.9. The number of methoxy groups -OCH3 is 1. The first kappa shape index (κ1) is 34.3. The Morgan fingerprint density at radius 1 is 0.960 bits per heavy atom. The van der Waals surface area contributed by atoms with E-state index >= 15 is 4.39 Å². The summed E-state index contributed by atoms with van der Waals surface area (Å²) in [7, 11) is 1.43. The summed E-state index contributed by atoms with van der Waals surface area (Å²) in [6.45, 7) is 5.06. The number of hydrogen-bond acceptors (Lipinski definition) is 5. The quantitative estimate of drug-likeness (QED) is 0.211. The number of fused-ring (bicyclic) bond motifs is 3. The molecular weight excluding hydrogens is 631 g/mol. The Morgan fingerprint density at radius 2 is 1.70 bits per heavy atom. The standard InChI is InChI=1S/C42H49FN2O5/c1-41(16-7-17-41)25-44-39(47)36-28-12-13-29(21-28)37(36)45-38(46)33-22-31(34(43)23-35(33)49-3)20-26-14-18-42(2,19-15-26)40(48)50-24-30-10-6-9-27-8-4-5-11-32(27)30/h4-6,8-11,20,22-23,28-29,36-37H,7,12-19,21,24-25H2,1-3H3,(H,44,47)(H,45,46). The van der Waals surface area contributed by atoms with Gasteiger partial charge in [0.1, 0.15) is 18.2 Å². The lowest BCUT2D eigenvalue weighted by Gasteiger charge is -2.39. The molecule has 264 valence electrons. The van der Waals surface area contributed by atoms with E-state index in [1.54, 1.807) is 12.1 Å². The molecule has 4 aliphatic rings. The van der Waals surface area contributed by atoms with Gasteiger partial charge in [-0.2, -0.15) is 0 Å². The number of amides is 2. The van der Waals surface area contributed by atoms with Gasteiger partial charge in [0.15, 0.2) is 0 Å². The first-order valence-electron chi connectivity index (χ1n) is 18.4. The van der Waals surface area contributed by atoms with Gasteiger partial charge in [0.25, 0.3) is 5.91 Å². The lowest BCUT2D eigenvalue weighted by atomic mass is 9.70. The second-order valence-electron chi connectivity index (χ2n) is 15.9. The van der Waals surface area contributed by atoms with Crippen LogP contribution in [0.2, 0.25) is 0 Å². The smallest absolute Gasteiger partial charge is 0.312 e. The largest absolute Gasteiger partial charge is 0.496 e. The van der Waals surface area contributed by atoms with Crippen molar-refractivity contribution in [1.29, 1.82) is 0 Å². The van der Waals surface area contributed by atoms with Gasteiger partial charge in [0.05, 0.1) is 24.0 Å². The van der Waals surface area contributed by atoms with Gasteiger partial charge in [-0.3, -0.25) is 14.4 Å². The summed E-state index contributed by atoms with van der Waals surface area (Å²) in [6, 6.07) is 16.6. The number of rotatable bonds is 10. The maximum atomic E-state index is 15.4. The van der Waals surface area contributed by atoms with Crippen LogP contribution in [-0.4, -0.2) is 37.5 Å². The van der Waals surface area contributed by atoms with Crippen LogP contribution in [0.5, 0.6) is 5.75 Å². The monoisotopic (exact) mass is 680 g/mol. The van der Waals surface area contributed by atoms with E-state index in [2.05, 4.69) is 17.6 Å². The third kappa shape index (κ3) is 6.78. The normalized spacial score (nSPS) is 26.6. The molecule has 7 nitrogen and oxygen atoms in total. The highest BCUT2D eigenvalue weighted by Crippen LogP contribution is 2.49. The first-order chi connectivity index (χ1) is 24.1. The Morgan fingerprint density at radius 3 is 2.44 bits per heavy atom. The SMILES string of the molecule is COc1cc(F)c(C=C2CCC(C)(C(=O)OCc3cccc4ccccc34)CC2)cc1C(=O)NC1C2CCC(C2)C1C(=O)NCC1(C)CCC1. The van der Waals surface area contributed by atoms with Crippen molar-refractivity contribution in [1.82, 2.24) is 10.6 Å². The van der Waals surface area contributed by atoms with Gasteiger partial charge in [-0.1, -0.05) is 67.5 Å². The summed E-state index contributed by atoms with van der Waals surface area (Å²) in [5, 5.41) is 8.59. The molecule has 3 aromatic rings. The first-order valence-corrected chi connectivity index (χ1v) is 18.4. The molecule has 4 fully saturated rings. The molecule has 4 atom stereocenters. The highest BCUT2D eigenvalue weighted by molar-refractivity contribution is 5.98. The van der Waals surface area contributed by atoms with Crippen molar-refractivity contribution in [2.24, 2.45) is 28.6 Å². The molecule has 0 radical (unpaired) electrons. The van der Waals surface area contributed by atoms with Crippen molar-refractivity contribution in [3.8, 4) is 5.75 Å². The molecule has 2 N–H and O–H groups in total. The van der Waals surface area contributed by atoms with Crippen LogP contribution in [0, 0.1) is 34.4 Å². The van der Waals surface area contributed by atoms with E-state index in [0.717, 1.165) is 54.0 Å². The minimum atomic E-state index is -0.634. The van der Waals surface area contributed by atoms with Gasteiger partial charge in [0, 0.05) is 24.2 Å². The molecule has 2 amide bonds. The fourth-order valence-electron chi connectivity index (χ4n) is 8.94. The fraction of sp³-hybridized carbons (Fsp3) is 0.500. The van der Waals surface area contributed by atoms with E-state index < -0.39 is 11.2 Å². The number of allylic oxidation sites excluding steroid dienone is 1. The number of hydrogen-bond donors (Lipinski definition) is 2. The Balaban J connectivity index is 1.01. The second kappa shape index (κ2) is 13.8. The summed E-state index contributed by atoms with van der Waals surface area (Å²) in [5.74, 6) is -0.593. The number of nitrogens with one attached hydrogen (secondary N) is 2. The van der Waals surface area contributed by atoms with Crippen molar-refractivity contribution in [2.45, 2.75) is 90.7 Å². The highest BCUT2D eigenvalue weighted by atomic mass is 19.1. The molecule has 0 aliphatic heterocycles. The number of halogens is 1. The molecule has 0 saturated heterocycles. The fourth-order valence-corrected chi connectivity index (χ4v) is 8.94. The molecular formula is C42H49FN2O5. The third-order valence-corrected chi connectivity index (χ3v) is 12.4. The van der Waals surface area contributed by atoms with Crippen LogP contribution in [0.15, 0.2) is 60.2 Å². The minimum Gasteiger partial charge on any atom is -0.496 e. The Hall–Kier alpha value is -4.20. The van der Waals surface area contributed by atoms with E-state index in [4.69, 9.17) is 9.47 Å². The minimum absolute atomic E-state index is 0.0360. The van der Waals surface area contributed by atoms with Gasteiger partial charge in [-0.25, -0.2) is 4.39 Å². The Kier molecular flexibility index (Phi) is 9.48. The molecule has 2 bridgehead atoms. The summed E-state index contributed by atoms with van der Waals surface area (Å²) in [4.78, 5) is 40.6. The highest BCUT2D eigenvalue weighted by Gasteiger charge is 2.51. The molecule has 4 saturated carbocycles. The lowest BCUT2D eigenvalue weighted by molar-refractivity contribution is -0.157. The molecule has 7 rings (SSSR count). The molecule has 8 heteroatoms. The van der Waals surface area contributed by atoms with Crippen molar-refractivity contribution in [3.63, 3.8) is 0 Å². The number of ether oxygens (including phenoxy) is 2. The van der Waals surface area contributed by atoms with Gasteiger partial charge >= 0.3 is 5.97 Å². The van der Waals surface area contributed by atoms with Crippen LogP contribution >= 0.6 is 0 Å². The molecule has 0 heterocycles. The van der Waals surface area contributed by atoms with E-state index in [9.17, 15) is 14.4 Å². The zero-order valence-electron chi connectivity index (χ0n) is 29.5. The van der Waals surface area contributed by atoms with Gasteiger partial charge < -0.3 is 20.1 Å². The Bertz CT molecular complexity index is 1810. The van der Waals surface area contributed by atoms with Crippen molar-refractivity contribution < 1.29 is 28.2 Å². The molecule has 50 heavy (non-hydrogen) atoms. The van der Waals surface area contributed by atoms with E-state index in [1.165, 1.54) is 19.6 Å². The third-order valence-electron chi connectivity index (χ3n) is 12.4. The maximum Gasteiger partial charge on any atom is 0.312 e. The van der Waals surface area contributed by atoms with Crippen LogP contribution in [0.25, 0.3) is 16.8 Å². The molecule has 3 aromatic carbocycles. The predicted octanol–water partition coefficient (Wildman–Crippen LogP) is 8.15. The predicted molar refractivity (Wildman–Crippen MR) is 192 cm³/mol. The van der Waals surface area contributed by atoms with Crippen LogP contribution in [0.3, 0.4) is 0 Å². The average Bonchev–Trinajstić information content (AvgIpc) is 3.72. The summed E-state index contributed by atoms with van der Waals surface area (Å²) >= 11 is 0. The molecule has 0 spiro atoms. The van der Waals surface area contributed by atoms with Gasteiger partial charge in [-0.05, 0) is 104 Å². The van der Waals surface area contributed by atoms with Gasteiger partial charge in [-0.15, -0.1) is 0 Å². The summed E-state index contributed by atoms with van der Waals surface area (Å²) in [6.07, 6.45) is 10.6. The van der Waals surface area contributed by atoms with E-state index in [0.29, 0.717) is 37.8 Å². The molecule has 0 aromatic heterocycles. The van der Waals surface area contributed by atoms with Gasteiger partial charge in [0.2, 0.25) is 5.91 Å². The van der Waals surface area contributed by atoms with Crippen molar-refractivity contribution in [2.75, 3.05) is 13.7 Å². The van der Waals surface area contributed by atoms with Crippen LogP contribution < -0.4 is 15.4 Å². The van der Waals surface area contributed by atoms with E-state index in [-0.39, 0.29) is 64.9 Å². The topological polar surface area (TPSA) is 93.7 Å². The summed E-state index contributed by atoms with van der Waals surface area (Å²) in [5.41, 5.74) is 2.10. The average molecular weight is 681 g/mol. The van der Waals surface area contributed by atoms with Crippen molar-refractivity contribution in [3.05, 3.63) is 82.7 Å². The summed E-state index contributed by atoms with van der Waals surface area (Å²) < 4.78 is 26.7. The zero-order chi connectivity index (χ0) is 35.0. The number of carbonyl (C=O) groups excluding carboxylic acids is 3. The van der Waals surface area contributed by atoms with Crippen LogP contribution in [0.4, 0.5) is 4.39 Å². The molecule has 4 unspecified atom stereocenters. The van der Waals surface area contributed by atoms with Crippen LogP contribution in [-0.2, 0) is 20.9 Å². The Labute approximate surface area is 294 Å². The van der Waals surface area contributed by atoms with Crippen molar-refractivity contribution >= 4 is 34.6 Å². The lowest BCUT2D eigenvalue weighted by Crippen LogP contribution is -2.51. The van der Waals surface area contributed by atoms with E-state index in [1.807, 2.05) is 49.4 Å². The number of carbonyl (C=O) groups is 3. The number of esters is 1. The maximum absolute atomic E-state index is 15.4.